The van der Waals surface area contributed by atoms with Crippen molar-refractivity contribution in [1.29, 1.82) is 0 Å². The molecule has 0 aromatic carbocycles. The number of morpholine rings is 1. The number of nitrogens with one attached hydrogen (secondary N) is 1. The highest BCUT2D eigenvalue weighted by atomic mass is 16.5. The average molecular weight is 324 g/mol. The van der Waals surface area contributed by atoms with Gasteiger partial charge in [0, 0.05) is 19.6 Å². The van der Waals surface area contributed by atoms with E-state index in [1.807, 2.05) is 0 Å². The van der Waals surface area contributed by atoms with Gasteiger partial charge >= 0.3 is 0 Å². The predicted octanol–water partition coefficient (Wildman–Crippen LogP) is 2.20. The quantitative estimate of drug-likeness (QED) is 0.839. The largest absolute Gasteiger partial charge is 0.373 e. The van der Waals surface area contributed by atoms with E-state index in [1.165, 1.54) is 71.4 Å². The van der Waals surface area contributed by atoms with Gasteiger partial charge in [0.05, 0.1) is 12.2 Å². The van der Waals surface area contributed by atoms with Crippen LogP contribution in [-0.2, 0) is 4.74 Å². The number of piperidine rings is 2. The van der Waals surface area contributed by atoms with Crippen molar-refractivity contribution in [2.75, 3.05) is 52.4 Å². The van der Waals surface area contributed by atoms with Gasteiger partial charge in [-0.1, -0.05) is 0 Å². The van der Waals surface area contributed by atoms with Crippen molar-refractivity contribution < 1.29 is 4.74 Å². The fourth-order valence-electron chi connectivity index (χ4n) is 4.72. The molecule has 134 valence electrons. The van der Waals surface area contributed by atoms with Crippen LogP contribution in [0, 0.1) is 11.8 Å². The highest BCUT2D eigenvalue weighted by molar-refractivity contribution is 4.79. The molecule has 3 saturated heterocycles. The Bertz CT molecular complexity index is 328. The van der Waals surface area contributed by atoms with Crippen LogP contribution in [-0.4, -0.2) is 74.4 Å². The van der Waals surface area contributed by atoms with Crippen LogP contribution < -0.4 is 5.32 Å². The van der Waals surface area contributed by atoms with Gasteiger partial charge in [0.1, 0.15) is 0 Å². The number of ether oxygens (including phenoxy) is 1. The molecule has 0 spiro atoms. The Hall–Kier alpha value is -0.160. The summed E-state index contributed by atoms with van der Waals surface area (Å²) in [6, 6.07) is 0. The van der Waals surface area contributed by atoms with Crippen molar-refractivity contribution in [3.8, 4) is 0 Å². The summed E-state index contributed by atoms with van der Waals surface area (Å²) >= 11 is 0. The van der Waals surface area contributed by atoms with Crippen LogP contribution in [0.3, 0.4) is 0 Å². The first kappa shape index (κ1) is 17.7. The molecule has 3 rings (SSSR count). The van der Waals surface area contributed by atoms with Gasteiger partial charge in [-0.05, 0) is 90.5 Å². The second-order valence-electron chi connectivity index (χ2n) is 8.24. The molecule has 23 heavy (non-hydrogen) atoms. The highest BCUT2D eigenvalue weighted by Gasteiger charge is 2.25. The molecule has 0 saturated carbocycles. The predicted molar refractivity (Wildman–Crippen MR) is 95.8 cm³/mol. The standard InChI is InChI=1S/C19H37N3O/c1-16-13-22(14-17(2)23-16)12-7-18-5-10-21(11-6-18)15-19-3-8-20-9-4-19/h16-20H,3-15H2,1-2H3. The Morgan fingerprint density at radius 3 is 2.17 bits per heavy atom. The lowest BCUT2D eigenvalue weighted by Gasteiger charge is -2.38. The zero-order valence-electron chi connectivity index (χ0n) is 15.3. The minimum absolute atomic E-state index is 0.408. The first-order valence-electron chi connectivity index (χ1n) is 10.00. The maximum Gasteiger partial charge on any atom is 0.0678 e. The van der Waals surface area contributed by atoms with Crippen molar-refractivity contribution >= 4 is 0 Å². The second-order valence-corrected chi connectivity index (χ2v) is 8.24. The van der Waals surface area contributed by atoms with Gasteiger partial charge in [-0.25, -0.2) is 0 Å². The third kappa shape index (κ3) is 5.70. The highest BCUT2D eigenvalue weighted by Crippen LogP contribution is 2.24. The van der Waals surface area contributed by atoms with Crippen LogP contribution >= 0.6 is 0 Å². The average Bonchev–Trinajstić information content (AvgIpc) is 2.54. The van der Waals surface area contributed by atoms with Gasteiger partial charge in [0.15, 0.2) is 0 Å². The Kier molecular flexibility index (Phi) is 6.75. The minimum Gasteiger partial charge on any atom is -0.373 e. The summed E-state index contributed by atoms with van der Waals surface area (Å²) in [5.41, 5.74) is 0. The van der Waals surface area contributed by atoms with Crippen LogP contribution in [0.15, 0.2) is 0 Å². The maximum absolute atomic E-state index is 5.84. The zero-order chi connectivity index (χ0) is 16.1. The molecule has 0 bridgehead atoms. The number of hydrogen-bond donors (Lipinski definition) is 1. The topological polar surface area (TPSA) is 27.7 Å². The molecular weight excluding hydrogens is 286 g/mol. The normalized spacial score (nSPS) is 33.1. The molecule has 2 atom stereocenters. The lowest BCUT2D eigenvalue weighted by Crippen LogP contribution is -2.46. The van der Waals surface area contributed by atoms with Gasteiger partial charge in [-0.3, -0.25) is 4.90 Å². The fraction of sp³-hybridized carbons (Fsp3) is 1.00. The van der Waals surface area contributed by atoms with Crippen molar-refractivity contribution in [3.05, 3.63) is 0 Å². The molecule has 0 radical (unpaired) electrons. The van der Waals surface area contributed by atoms with Gasteiger partial charge < -0.3 is 15.0 Å². The maximum atomic E-state index is 5.84. The van der Waals surface area contributed by atoms with Crippen LogP contribution in [0.1, 0.15) is 46.0 Å². The Morgan fingerprint density at radius 1 is 0.870 bits per heavy atom. The van der Waals surface area contributed by atoms with E-state index < -0.39 is 0 Å². The van der Waals surface area contributed by atoms with E-state index in [-0.39, 0.29) is 0 Å². The summed E-state index contributed by atoms with van der Waals surface area (Å²) in [4.78, 5) is 5.37. The molecule has 3 heterocycles. The molecule has 4 nitrogen and oxygen atoms in total. The third-order valence-electron chi connectivity index (χ3n) is 6.03. The van der Waals surface area contributed by atoms with Gasteiger partial charge in [-0.2, -0.15) is 0 Å². The molecule has 1 N–H and O–H groups in total. The van der Waals surface area contributed by atoms with E-state index in [9.17, 15) is 0 Å². The smallest absolute Gasteiger partial charge is 0.0678 e. The Balaban J connectivity index is 1.31. The number of likely N-dealkylation sites (tertiary alicyclic amines) is 1. The van der Waals surface area contributed by atoms with E-state index >= 15 is 0 Å². The van der Waals surface area contributed by atoms with E-state index in [0.29, 0.717) is 12.2 Å². The summed E-state index contributed by atoms with van der Waals surface area (Å²) in [5.74, 6) is 1.90. The summed E-state index contributed by atoms with van der Waals surface area (Å²) in [7, 11) is 0. The number of hydrogen-bond acceptors (Lipinski definition) is 4. The van der Waals surface area contributed by atoms with Gasteiger partial charge in [0.2, 0.25) is 0 Å². The third-order valence-corrected chi connectivity index (χ3v) is 6.03. The van der Waals surface area contributed by atoms with Crippen LogP contribution in [0.25, 0.3) is 0 Å². The van der Waals surface area contributed by atoms with Crippen LogP contribution in [0.2, 0.25) is 0 Å². The summed E-state index contributed by atoms with van der Waals surface area (Å²) in [6.07, 6.45) is 7.80. The van der Waals surface area contributed by atoms with Crippen molar-refractivity contribution in [2.45, 2.75) is 58.2 Å². The molecule has 0 aromatic heterocycles. The monoisotopic (exact) mass is 323 g/mol. The van der Waals surface area contributed by atoms with Crippen LogP contribution in [0.4, 0.5) is 0 Å². The molecule has 2 unspecified atom stereocenters. The molecule has 0 amide bonds. The zero-order valence-corrected chi connectivity index (χ0v) is 15.3. The lowest BCUT2D eigenvalue weighted by molar-refractivity contribution is -0.0693. The van der Waals surface area contributed by atoms with Gasteiger partial charge in [-0.15, -0.1) is 0 Å². The first-order chi connectivity index (χ1) is 11.2. The molecule has 3 aliphatic rings. The second kappa shape index (κ2) is 8.80. The first-order valence-corrected chi connectivity index (χ1v) is 10.00. The summed E-state index contributed by atoms with van der Waals surface area (Å²) in [5, 5.41) is 3.48. The molecule has 0 aromatic rings. The van der Waals surface area contributed by atoms with E-state index in [0.717, 1.165) is 24.9 Å². The Labute approximate surface area is 142 Å². The van der Waals surface area contributed by atoms with E-state index in [4.69, 9.17) is 4.74 Å². The van der Waals surface area contributed by atoms with Crippen molar-refractivity contribution in [1.82, 2.24) is 15.1 Å². The van der Waals surface area contributed by atoms with E-state index in [1.54, 1.807) is 0 Å². The minimum atomic E-state index is 0.408. The van der Waals surface area contributed by atoms with Crippen molar-refractivity contribution in [3.63, 3.8) is 0 Å². The molecule has 4 heteroatoms. The summed E-state index contributed by atoms with van der Waals surface area (Å²) < 4.78 is 5.84. The number of nitrogens with zero attached hydrogens (tertiary/aromatic N) is 2. The van der Waals surface area contributed by atoms with Crippen molar-refractivity contribution in [2.24, 2.45) is 11.8 Å². The Morgan fingerprint density at radius 2 is 1.52 bits per heavy atom. The SMILES string of the molecule is CC1CN(CCC2CCN(CC3CCNCC3)CC2)CC(C)O1. The molecule has 3 fully saturated rings. The van der Waals surface area contributed by atoms with E-state index in [2.05, 4.69) is 29.0 Å². The summed E-state index contributed by atoms with van der Waals surface area (Å²) in [6.45, 7) is 14.4. The van der Waals surface area contributed by atoms with Crippen LogP contribution in [0.5, 0.6) is 0 Å². The fourth-order valence-corrected chi connectivity index (χ4v) is 4.72. The molecule has 0 aliphatic carbocycles. The van der Waals surface area contributed by atoms with Gasteiger partial charge in [0.25, 0.3) is 0 Å². The lowest BCUT2D eigenvalue weighted by atomic mass is 9.91. The molecule has 3 aliphatic heterocycles. The number of rotatable bonds is 5. The molecular formula is C19H37N3O.